The minimum absolute atomic E-state index is 0.0259. The Hall–Kier alpha value is -2.20. The lowest BCUT2D eigenvalue weighted by atomic mass is 10.1. The largest absolute Gasteiger partial charge is 0.300 e. The quantitative estimate of drug-likeness (QED) is 0.796. The Morgan fingerprint density at radius 2 is 1.85 bits per heavy atom. The SMILES string of the molecule is O=C1C(=O)N(Cc2ccc(Cl)c(F)c2)c2ccccc21. The number of nitrogens with zero attached hydrogens (tertiary/aromatic N) is 1. The molecule has 1 aliphatic heterocycles. The van der Waals surface area contributed by atoms with Crippen molar-refractivity contribution in [1.29, 1.82) is 0 Å². The number of anilines is 1. The number of para-hydroxylation sites is 1. The number of carbonyl (C=O) groups excluding carboxylic acids is 2. The molecule has 100 valence electrons. The van der Waals surface area contributed by atoms with Crippen LogP contribution in [0.3, 0.4) is 0 Å². The molecule has 0 saturated carbocycles. The third-order valence-electron chi connectivity index (χ3n) is 3.20. The molecule has 0 bridgehead atoms. The molecule has 2 aromatic carbocycles. The molecule has 3 rings (SSSR count). The number of Topliss-reactive ketones (excluding diaryl/α,β-unsaturated/α-hetero) is 1. The van der Waals surface area contributed by atoms with Crippen LogP contribution >= 0.6 is 11.6 Å². The molecule has 0 saturated heterocycles. The molecular formula is C15H9ClFNO2. The molecule has 0 aliphatic carbocycles. The molecule has 1 amide bonds. The van der Waals surface area contributed by atoms with Gasteiger partial charge in [0.25, 0.3) is 11.7 Å². The van der Waals surface area contributed by atoms with Gasteiger partial charge < -0.3 is 4.90 Å². The standard InChI is InChI=1S/C15H9ClFNO2/c16-11-6-5-9(7-12(11)17)8-18-13-4-2-1-3-10(13)14(19)15(18)20/h1-7H,8H2. The summed E-state index contributed by atoms with van der Waals surface area (Å²) in [5.41, 5.74) is 1.51. The average molecular weight is 290 g/mol. The van der Waals surface area contributed by atoms with Gasteiger partial charge in [-0.05, 0) is 29.8 Å². The van der Waals surface area contributed by atoms with Crippen molar-refractivity contribution in [2.24, 2.45) is 0 Å². The second-order valence-electron chi connectivity index (χ2n) is 4.49. The zero-order valence-electron chi connectivity index (χ0n) is 10.3. The van der Waals surface area contributed by atoms with Crippen molar-refractivity contribution >= 4 is 29.0 Å². The number of halogens is 2. The summed E-state index contributed by atoms with van der Waals surface area (Å²) in [4.78, 5) is 25.2. The highest BCUT2D eigenvalue weighted by Gasteiger charge is 2.35. The van der Waals surface area contributed by atoms with Gasteiger partial charge in [-0.2, -0.15) is 0 Å². The van der Waals surface area contributed by atoms with Gasteiger partial charge in [0.1, 0.15) is 5.82 Å². The molecule has 0 N–H and O–H groups in total. The van der Waals surface area contributed by atoms with Crippen molar-refractivity contribution in [3.63, 3.8) is 0 Å². The fourth-order valence-electron chi connectivity index (χ4n) is 2.23. The fraction of sp³-hybridized carbons (Fsp3) is 0.0667. The molecule has 2 aromatic rings. The van der Waals surface area contributed by atoms with Crippen molar-refractivity contribution in [2.45, 2.75) is 6.54 Å². The van der Waals surface area contributed by atoms with E-state index in [2.05, 4.69) is 0 Å². The predicted molar refractivity (Wildman–Crippen MR) is 73.4 cm³/mol. The summed E-state index contributed by atoms with van der Waals surface area (Å²) in [6.45, 7) is 0.135. The number of ketones is 1. The van der Waals surface area contributed by atoms with E-state index in [1.807, 2.05) is 0 Å². The predicted octanol–water partition coefficient (Wildman–Crippen LogP) is 3.21. The summed E-state index contributed by atoms with van der Waals surface area (Å²) < 4.78 is 13.4. The second-order valence-corrected chi connectivity index (χ2v) is 4.89. The van der Waals surface area contributed by atoms with E-state index < -0.39 is 17.5 Å². The highest BCUT2D eigenvalue weighted by Crippen LogP contribution is 2.30. The van der Waals surface area contributed by atoms with Crippen LogP contribution in [0.4, 0.5) is 10.1 Å². The van der Waals surface area contributed by atoms with Gasteiger partial charge in [-0.15, -0.1) is 0 Å². The van der Waals surface area contributed by atoms with E-state index in [9.17, 15) is 14.0 Å². The summed E-state index contributed by atoms with van der Waals surface area (Å²) in [7, 11) is 0. The summed E-state index contributed by atoms with van der Waals surface area (Å²) in [5.74, 6) is -1.67. The van der Waals surface area contributed by atoms with Gasteiger partial charge in [-0.25, -0.2) is 4.39 Å². The summed E-state index contributed by atoms with van der Waals surface area (Å²) >= 11 is 5.62. The first-order valence-corrected chi connectivity index (χ1v) is 6.35. The van der Waals surface area contributed by atoms with E-state index in [0.717, 1.165) is 0 Å². The monoisotopic (exact) mass is 289 g/mol. The third kappa shape index (κ3) is 1.98. The van der Waals surface area contributed by atoms with Crippen molar-refractivity contribution < 1.29 is 14.0 Å². The molecule has 0 atom stereocenters. The maximum Gasteiger partial charge on any atom is 0.299 e. The minimum Gasteiger partial charge on any atom is -0.300 e. The lowest BCUT2D eigenvalue weighted by Gasteiger charge is -2.16. The van der Waals surface area contributed by atoms with Crippen LogP contribution in [-0.2, 0) is 11.3 Å². The first-order valence-electron chi connectivity index (χ1n) is 5.97. The first-order chi connectivity index (χ1) is 9.58. The molecule has 3 nitrogen and oxygen atoms in total. The van der Waals surface area contributed by atoms with Crippen molar-refractivity contribution in [1.82, 2.24) is 0 Å². The lowest BCUT2D eigenvalue weighted by Crippen LogP contribution is -2.29. The van der Waals surface area contributed by atoms with Crippen LogP contribution in [-0.4, -0.2) is 11.7 Å². The van der Waals surface area contributed by atoms with Crippen LogP contribution in [0, 0.1) is 5.82 Å². The Bertz CT molecular complexity index is 730. The molecule has 1 heterocycles. The molecule has 20 heavy (non-hydrogen) atoms. The second kappa shape index (κ2) is 4.72. The van der Waals surface area contributed by atoms with Gasteiger partial charge in [0, 0.05) is 0 Å². The molecule has 5 heteroatoms. The van der Waals surface area contributed by atoms with E-state index in [1.165, 1.54) is 17.0 Å². The Labute approximate surface area is 119 Å². The average Bonchev–Trinajstić information content (AvgIpc) is 2.69. The molecule has 0 aromatic heterocycles. The van der Waals surface area contributed by atoms with E-state index in [1.54, 1.807) is 30.3 Å². The van der Waals surface area contributed by atoms with E-state index in [0.29, 0.717) is 16.8 Å². The van der Waals surface area contributed by atoms with Gasteiger partial charge in [0.05, 0.1) is 22.8 Å². The van der Waals surface area contributed by atoms with Gasteiger partial charge in [-0.3, -0.25) is 9.59 Å². The molecule has 0 radical (unpaired) electrons. The molecule has 1 aliphatic rings. The topological polar surface area (TPSA) is 37.4 Å². The van der Waals surface area contributed by atoms with Crippen molar-refractivity contribution in [3.05, 3.63) is 64.4 Å². The van der Waals surface area contributed by atoms with E-state index in [-0.39, 0.29) is 11.6 Å². The summed E-state index contributed by atoms with van der Waals surface area (Å²) in [5, 5.41) is 0.0259. The molecule has 0 fully saturated rings. The van der Waals surface area contributed by atoms with Gasteiger partial charge in [-0.1, -0.05) is 29.8 Å². The van der Waals surface area contributed by atoms with Gasteiger partial charge in [0.2, 0.25) is 0 Å². The van der Waals surface area contributed by atoms with Crippen LogP contribution < -0.4 is 4.90 Å². The first kappa shape index (κ1) is 12.8. The van der Waals surface area contributed by atoms with Crippen LogP contribution in [0.2, 0.25) is 5.02 Å². The van der Waals surface area contributed by atoms with Gasteiger partial charge >= 0.3 is 0 Å². The normalized spacial score (nSPS) is 13.8. The highest BCUT2D eigenvalue weighted by molar-refractivity contribution is 6.52. The maximum absolute atomic E-state index is 13.4. The van der Waals surface area contributed by atoms with Crippen LogP contribution in [0.15, 0.2) is 42.5 Å². The Morgan fingerprint density at radius 3 is 2.60 bits per heavy atom. The Morgan fingerprint density at radius 1 is 1.10 bits per heavy atom. The maximum atomic E-state index is 13.4. The molecule has 0 spiro atoms. The zero-order valence-corrected chi connectivity index (χ0v) is 11.0. The smallest absolute Gasteiger partial charge is 0.299 e. The van der Waals surface area contributed by atoms with Crippen molar-refractivity contribution in [2.75, 3.05) is 4.90 Å². The zero-order chi connectivity index (χ0) is 14.3. The lowest BCUT2D eigenvalue weighted by molar-refractivity contribution is -0.114. The van der Waals surface area contributed by atoms with Gasteiger partial charge in [0.15, 0.2) is 0 Å². The number of fused-ring (bicyclic) bond motifs is 1. The van der Waals surface area contributed by atoms with Crippen LogP contribution in [0.5, 0.6) is 0 Å². The number of benzene rings is 2. The van der Waals surface area contributed by atoms with E-state index in [4.69, 9.17) is 11.6 Å². The number of hydrogen-bond acceptors (Lipinski definition) is 2. The Kier molecular flexibility index (Phi) is 3.03. The number of amides is 1. The third-order valence-corrected chi connectivity index (χ3v) is 3.51. The Balaban J connectivity index is 1.97. The van der Waals surface area contributed by atoms with E-state index >= 15 is 0 Å². The van der Waals surface area contributed by atoms with Crippen LogP contribution in [0.25, 0.3) is 0 Å². The number of hydrogen-bond donors (Lipinski definition) is 0. The number of carbonyl (C=O) groups is 2. The minimum atomic E-state index is -0.596. The molecular weight excluding hydrogens is 281 g/mol. The number of rotatable bonds is 2. The summed E-state index contributed by atoms with van der Waals surface area (Å²) in [6, 6.07) is 11.1. The van der Waals surface area contributed by atoms with Crippen molar-refractivity contribution in [3.8, 4) is 0 Å². The summed E-state index contributed by atoms with van der Waals surface area (Å²) in [6.07, 6.45) is 0. The highest BCUT2D eigenvalue weighted by atomic mass is 35.5. The van der Waals surface area contributed by atoms with Crippen LogP contribution in [0.1, 0.15) is 15.9 Å². The molecule has 0 unspecified atom stereocenters. The fourth-order valence-corrected chi connectivity index (χ4v) is 2.34.